The topological polar surface area (TPSA) is 49.2 Å². The lowest BCUT2D eigenvalue weighted by Crippen LogP contribution is -2.24. The summed E-state index contributed by atoms with van der Waals surface area (Å²) in [6.07, 6.45) is 1.84. The van der Waals surface area contributed by atoms with Crippen molar-refractivity contribution in [2.75, 3.05) is 11.4 Å². The minimum Gasteiger partial charge on any atom is -0.390 e. The van der Waals surface area contributed by atoms with Crippen molar-refractivity contribution in [3.8, 4) is 0 Å². The average Bonchev–Trinajstić information content (AvgIpc) is 2.97. The van der Waals surface area contributed by atoms with Crippen LogP contribution in [-0.2, 0) is 13.2 Å². The summed E-state index contributed by atoms with van der Waals surface area (Å²) in [5.41, 5.74) is 1.63. The molecule has 2 aromatic heterocycles. The molecule has 1 N–H and O–H groups in total. The van der Waals surface area contributed by atoms with Crippen LogP contribution < -0.4 is 4.90 Å². The van der Waals surface area contributed by atoms with Crippen LogP contribution in [-0.4, -0.2) is 21.6 Å². The maximum absolute atomic E-state index is 9.58. The van der Waals surface area contributed by atoms with Crippen LogP contribution in [0.3, 0.4) is 0 Å². The van der Waals surface area contributed by atoms with E-state index in [0.717, 1.165) is 24.6 Å². The van der Waals surface area contributed by atoms with Gasteiger partial charge in [-0.1, -0.05) is 19.9 Å². The molecule has 0 amide bonds. The Kier molecular flexibility index (Phi) is 5.09. The van der Waals surface area contributed by atoms with E-state index >= 15 is 0 Å². The third-order valence-corrected chi connectivity index (χ3v) is 4.04. The molecule has 0 unspecified atom stereocenters. The number of aromatic nitrogens is 2. The summed E-state index contributed by atoms with van der Waals surface area (Å²) in [6.45, 7) is 7.84. The summed E-state index contributed by atoms with van der Waals surface area (Å²) >= 11 is 1.74. The van der Waals surface area contributed by atoms with Gasteiger partial charge in [-0.15, -0.1) is 11.3 Å². The fourth-order valence-corrected chi connectivity index (χ4v) is 2.76. The molecule has 0 bridgehead atoms. The summed E-state index contributed by atoms with van der Waals surface area (Å²) < 4.78 is 0. The van der Waals surface area contributed by atoms with Crippen molar-refractivity contribution >= 4 is 17.0 Å². The van der Waals surface area contributed by atoms with Gasteiger partial charge in [0.2, 0.25) is 0 Å². The first-order chi connectivity index (χ1) is 9.65. The molecule has 2 aromatic rings. The molecular weight excluding hydrogens is 270 g/mol. The van der Waals surface area contributed by atoms with Crippen LogP contribution >= 0.6 is 11.3 Å². The van der Waals surface area contributed by atoms with Gasteiger partial charge >= 0.3 is 0 Å². The number of hydrogen-bond donors (Lipinski definition) is 1. The number of thiophene rings is 1. The molecule has 4 nitrogen and oxygen atoms in total. The minimum absolute atomic E-state index is 0.0570. The molecule has 0 aliphatic rings. The van der Waals surface area contributed by atoms with Crippen molar-refractivity contribution in [1.82, 2.24) is 9.97 Å². The van der Waals surface area contributed by atoms with Crippen LogP contribution in [0.1, 0.15) is 43.1 Å². The Morgan fingerprint density at radius 3 is 2.75 bits per heavy atom. The highest BCUT2D eigenvalue weighted by Gasteiger charge is 2.14. The average molecular weight is 291 g/mol. The molecule has 0 spiro atoms. The highest BCUT2D eigenvalue weighted by molar-refractivity contribution is 7.09. The third kappa shape index (κ3) is 3.35. The van der Waals surface area contributed by atoms with Crippen LogP contribution in [0, 0.1) is 0 Å². The van der Waals surface area contributed by atoms with Crippen LogP contribution in [0.2, 0.25) is 0 Å². The van der Waals surface area contributed by atoms with Crippen LogP contribution in [0.5, 0.6) is 0 Å². The zero-order valence-electron chi connectivity index (χ0n) is 12.2. The number of anilines is 1. The molecule has 0 radical (unpaired) electrons. The Bertz CT molecular complexity index is 540. The minimum atomic E-state index is -0.0570. The summed E-state index contributed by atoms with van der Waals surface area (Å²) in [6, 6.07) is 4.18. The van der Waals surface area contributed by atoms with Gasteiger partial charge in [0.1, 0.15) is 5.82 Å². The van der Waals surface area contributed by atoms with Crippen molar-refractivity contribution < 1.29 is 5.11 Å². The van der Waals surface area contributed by atoms with E-state index in [4.69, 9.17) is 0 Å². The quantitative estimate of drug-likeness (QED) is 0.888. The van der Waals surface area contributed by atoms with E-state index in [9.17, 15) is 5.11 Å². The van der Waals surface area contributed by atoms with E-state index in [1.54, 1.807) is 11.3 Å². The molecule has 0 atom stereocenters. The fraction of sp³-hybridized carbons (Fsp3) is 0.467. The maximum Gasteiger partial charge on any atom is 0.131 e. The normalized spacial score (nSPS) is 11.1. The third-order valence-electron chi connectivity index (χ3n) is 3.18. The lowest BCUT2D eigenvalue weighted by Gasteiger charge is -2.24. The van der Waals surface area contributed by atoms with Gasteiger partial charge in [-0.3, -0.25) is 0 Å². The van der Waals surface area contributed by atoms with E-state index in [1.165, 1.54) is 4.88 Å². The van der Waals surface area contributed by atoms with Gasteiger partial charge in [0.15, 0.2) is 0 Å². The monoisotopic (exact) mass is 291 g/mol. The first kappa shape index (κ1) is 14.9. The Balaban J connectivity index is 2.29. The van der Waals surface area contributed by atoms with Crippen molar-refractivity contribution in [3.63, 3.8) is 0 Å². The highest BCUT2D eigenvalue weighted by Crippen LogP contribution is 2.23. The molecule has 0 saturated heterocycles. The van der Waals surface area contributed by atoms with Gasteiger partial charge in [0.05, 0.1) is 30.7 Å². The molecule has 2 heterocycles. The number of aliphatic hydroxyl groups excluding tert-OH is 1. The predicted octanol–water partition coefficient (Wildman–Crippen LogP) is 3.18. The molecule has 108 valence electrons. The molecule has 2 rings (SSSR count). The second kappa shape index (κ2) is 6.81. The van der Waals surface area contributed by atoms with Crippen molar-refractivity contribution in [2.24, 2.45) is 0 Å². The zero-order valence-corrected chi connectivity index (χ0v) is 13.0. The van der Waals surface area contributed by atoms with Gasteiger partial charge in [0.25, 0.3) is 0 Å². The van der Waals surface area contributed by atoms with E-state index in [0.29, 0.717) is 5.69 Å². The van der Waals surface area contributed by atoms with E-state index in [2.05, 4.69) is 53.2 Å². The Morgan fingerprint density at radius 2 is 2.20 bits per heavy atom. The molecule has 0 aliphatic carbocycles. The van der Waals surface area contributed by atoms with Gasteiger partial charge in [-0.25, -0.2) is 9.97 Å². The van der Waals surface area contributed by atoms with E-state index in [-0.39, 0.29) is 12.5 Å². The van der Waals surface area contributed by atoms with Crippen LogP contribution in [0.15, 0.2) is 23.7 Å². The Hall–Kier alpha value is -1.46. The summed E-state index contributed by atoms with van der Waals surface area (Å²) in [7, 11) is 0. The zero-order chi connectivity index (χ0) is 14.5. The number of hydrogen-bond acceptors (Lipinski definition) is 5. The lowest BCUT2D eigenvalue weighted by molar-refractivity contribution is 0.276. The highest BCUT2D eigenvalue weighted by atomic mass is 32.1. The van der Waals surface area contributed by atoms with Gasteiger partial charge in [-0.2, -0.15) is 0 Å². The van der Waals surface area contributed by atoms with Crippen LogP contribution in [0.25, 0.3) is 0 Å². The second-order valence-corrected chi connectivity index (χ2v) is 6.00. The summed E-state index contributed by atoms with van der Waals surface area (Å²) in [5, 5.41) is 11.7. The second-order valence-electron chi connectivity index (χ2n) is 4.97. The molecular formula is C15H21N3OS. The predicted molar refractivity (Wildman–Crippen MR) is 83.1 cm³/mol. The molecule has 5 heteroatoms. The smallest absolute Gasteiger partial charge is 0.131 e. The molecule has 0 fully saturated rings. The fourth-order valence-electron chi connectivity index (χ4n) is 2.04. The van der Waals surface area contributed by atoms with Crippen molar-refractivity contribution in [3.05, 3.63) is 40.1 Å². The SMILES string of the molecule is CCN(Cc1cccs1)c1cnc(C(C)C)nc1CO. The molecule has 0 aliphatic heterocycles. The van der Waals surface area contributed by atoms with Crippen LogP contribution in [0.4, 0.5) is 5.69 Å². The van der Waals surface area contributed by atoms with Gasteiger partial charge in [-0.05, 0) is 18.4 Å². The molecule has 20 heavy (non-hydrogen) atoms. The largest absolute Gasteiger partial charge is 0.390 e. The molecule has 0 saturated carbocycles. The van der Waals surface area contributed by atoms with Gasteiger partial charge in [0, 0.05) is 17.3 Å². The van der Waals surface area contributed by atoms with Crippen molar-refractivity contribution in [2.45, 2.75) is 39.8 Å². The summed E-state index contributed by atoms with van der Waals surface area (Å²) in [5.74, 6) is 1.05. The van der Waals surface area contributed by atoms with Gasteiger partial charge < -0.3 is 10.0 Å². The maximum atomic E-state index is 9.58. The number of nitrogens with zero attached hydrogens (tertiary/aromatic N) is 3. The first-order valence-electron chi connectivity index (χ1n) is 6.89. The Labute approximate surface area is 124 Å². The Morgan fingerprint density at radius 1 is 1.40 bits per heavy atom. The van der Waals surface area contributed by atoms with E-state index < -0.39 is 0 Å². The first-order valence-corrected chi connectivity index (χ1v) is 7.77. The lowest BCUT2D eigenvalue weighted by atomic mass is 10.2. The van der Waals surface area contributed by atoms with Crippen molar-refractivity contribution in [1.29, 1.82) is 0 Å². The number of rotatable bonds is 6. The number of aliphatic hydroxyl groups is 1. The van der Waals surface area contributed by atoms with E-state index in [1.807, 2.05) is 6.20 Å². The standard InChI is InChI=1S/C15H21N3OS/c1-4-18(9-12-6-5-7-20-12)14-8-16-15(11(2)3)17-13(14)10-19/h5-8,11,19H,4,9-10H2,1-3H3. The molecule has 0 aromatic carbocycles. The summed E-state index contributed by atoms with van der Waals surface area (Å²) in [4.78, 5) is 12.4.